The number of hydrogen-bond acceptors (Lipinski definition) is 3. The van der Waals surface area contributed by atoms with Gasteiger partial charge in [0.15, 0.2) is 5.69 Å². The summed E-state index contributed by atoms with van der Waals surface area (Å²) >= 11 is 0. The fraction of sp³-hybridized carbons (Fsp3) is 0.231. The molecule has 2 N–H and O–H groups in total. The Morgan fingerprint density at radius 2 is 2.05 bits per heavy atom. The van der Waals surface area contributed by atoms with Crippen molar-refractivity contribution in [3.8, 4) is 5.75 Å². The van der Waals surface area contributed by atoms with Crippen LogP contribution in [0.25, 0.3) is 0 Å². The zero-order valence-electron chi connectivity index (χ0n) is 11.0. The van der Waals surface area contributed by atoms with E-state index in [1.54, 1.807) is 6.92 Å². The van der Waals surface area contributed by atoms with Crippen molar-refractivity contribution in [3.05, 3.63) is 41.7 Å². The number of carbonyl (C=O) groups excluding carboxylic acids is 1. The largest absolute Gasteiger partial charge is 0.507 e. The van der Waals surface area contributed by atoms with Crippen molar-refractivity contribution >= 4 is 11.9 Å². The van der Waals surface area contributed by atoms with Crippen LogP contribution in [0, 0.1) is 0 Å². The van der Waals surface area contributed by atoms with Gasteiger partial charge in [0.05, 0.1) is 5.56 Å². The molecule has 1 aromatic heterocycles. The summed E-state index contributed by atoms with van der Waals surface area (Å²) in [4.78, 5) is 15.3. The maximum atomic E-state index is 12.6. The molecule has 0 saturated heterocycles. The Labute approximate surface area is 118 Å². The van der Waals surface area contributed by atoms with Crippen molar-refractivity contribution < 1.29 is 23.1 Å². The lowest BCUT2D eigenvalue weighted by atomic mass is 10.2. The van der Waals surface area contributed by atoms with Crippen LogP contribution >= 0.6 is 0 Å². The number of phenolic OH excluding ortho intramolecular Hbond substituents is 1. The molecular formula is C13H12F3N3O2. The van der Waals surface area contributed by atoms with E-state index in [2.05, 4.69) is 10.3 Å². The molecular weight excluding hydrogens is 287 g/mol. The number of halogens is 3. The molecule has 0 spiro atoms. The molecule has 21 heavy (non-hydrogen) atoms. The molecule has 2 rings (SSSR count). The molecule has 2 aromatic rings. The number of alkyl halides is 3. The lowest BCUT2D eigenvalue weighted by Gasteiger charge is -2.07. The Hall–Kier alpha value is -2.51. The van der Waals surface area contributed by atoms with Crippen LogP contribution < -0.4 is 5.32 Å². The van der Waals surface area contributed by atoms with Gasteiger partial charge in [-0.1, -0.05) is 12.1 Å². The van der Waals surface area contributed by atoms with Crippen LogP contribution in [-0.2, 0) is 12.7 Å². The van der Waals surface area contributed by atoms with E-state index in [4.69, 9.17) is 0 Å². The maximum absolute atomic E-state index is 12.6. The van der Waals surface area contributed by atoms with Crippen molar-refractivity contribution in [1.82, 2.24) is 9.55 Å². The minimum atomic E-state index is -4.59. The second-order valence-electron chi connectivity index (χ2n) is 4.20. The Morgan fingerprint density at radius 3 is 2.62 bits per heavy atom. The SMILES string of the molecule is CCn1cc(C(F)(F)F)nc1NC(=O)c1ccccc1O. The topological polar surface area (TPSA) is 67.2 Å². The smallest absolute Gasteiger partial charge is 0.434 e. The zero-order chi connectivity index (χ0) is 15.6. The Kier molecular flexibility index (Phi) is 3.88. The first-order chi connectivity index (χ1) is 9.82. The number of amides is 1. The van der Waals surface area contributed by atoms with Crippen LogP contribution in [0.5, 0.6) is 5.75 Å². The number of aromatic nitrogens is 2. The van der Waals surface area contributed by atoms with Crippen molar-refractivity contribution in [1.29, 1.82) is 0 Å². The quantitative estimate of drug-likeness (QED) is 0.915. The average Bonchev–Trinajstić information content (AvgIpc) is 2.82. The minimum Gasteiger partial charge on any atom is -0.507 e. The van der Waals surface area contributed by atoms with Gasteiger partial charge >= 0.3 is 6.18 Å². The normalized spacial score (nSPS) is 11.4. The van der Waals surface area contributed by atoms with Gasteiger partial charge < -0.3 is 9.67 Å². The van der Waals surface area contributed by atoms with Crippen molar-refractivity contribution in [2.45, 2.75) is 19.6 Å². The van der Waals surface area contributed by atoms with Crippen molar-refractivity contribution in [2.24, 2.45) is 0 Å². The third-order valence-corrected chi connectivity index (χ3v) is 2.78. The number of hydrogen-bond donors (Lipinski definition) is 2. The highest BCUT2D eigenvalue weighted by Gasteiger charge is 2.35. The standard InChI is InChI=1S/C13H12F3N3O2/c1-2-19-7-10(13(14,15)16)17-12(19)18-11(21)8-5-3-4-6-9(8)20/h3-7,20H,2H2,1H3,(H,17,18,21). The fourth-order valence-corrected chi connectivity index (χ4v) is 1.73. The van der Waals surface area contributed by atoms with E-state index < -0.39 is 17.8 Å². The van der Waals surface area contributed by atoms with Crippen LogP contribution in [0.3, 0.4) is 0 Å². The van der Waals surface area contributed by atoms with E-state index in [1.807, 2.05) is 0 Å². The Bertz CT molecular complexity index is 665. The predicted molar refractivity (Wildman–Crippen MR) is 69.0 cm³/mol. The van der Waals surface area contributed by atoms with E-state index in [-0.39, 0.29) is 23.8 Å². The zero-order valence-corrected chi connectivity index (χ0v) is 11.0. The van der Waals surface area contributed by atoms with E-state index >= 15 is 0 Å². The van der Waals surface area contributed by atoms with Gasteiger partial charge in [-0.05, 0) is 19.1 Å². The molecule has 1 heterocycles. The molecule has 0 aliphatic rings. The van der Waals surface area contributed by atoms with Crippen molar-refractivity contribution in [2.75, 3.05) is 5.32 Å². The molecule has 0 unspecified atom stereocenters. The molecule has 1 amide bonds. The van der Waals surface area contributed by atoms with E-state index in [1.165, 1.54) is 28.8 Å². The summed E-state index contributed by atoms with van der Waals surface area (Å²) in [6.45, 7) is 1.83. The summed E-state index contributed by atoms with van der Waals surface area (Å²) in [6.07, 6.45) is -3.77. The highest BCUT2D eigenvalue weighted by Crippen LogP contribution is 2.29. The number of nitrogens with one attached hydrogen (secondary N) is 1. The third kappa shape index (κ3) is 3.15. The second-order valence-corrected chi connectivity index (χ2v) is 4.20. The third-order valence-electron chi connectivity index (χ3n) is 2.78. The number of phenols is 1. The van der Waals surface area contributed by atoms with Gasteiger partial charge in [-0.3, -0.25) is 10.1 Å². The first-order valence-corrected chi connectivity index (χ1v) is 6.06. The summed E-state index contributed by atoms with van der Waals surface area (Å²) in [7, 11) is 0. The number of nitrogens with zero attached hydrogens (tertiary/aromatic N) is 2. The molecule has 0 saturated carbocycles. The van der Waals surface area contributed by atoms with Crippen LogP contribution in [-0.4, -0.2) is 20.6 Å². The van der Waals surface area contributed by atoms with Gasteiger partial charge in [0, 0.05) is 12.7 Å². The first-order valence-electron chi connectivity index (χ1n) is 6.06. The summed E-state index contributed by atoms with van der Waals surface area (Å²) in [6, 6.07) is 5.72. The number of anilines is 1. The molecule has 0 fully saturated rings. The number of carbonyl (C=O) groups is 1. The number of aromatic hydroxyl groups is 1. The summed E-state index contributed by atoms with van der Waals surface area (Å²) in [5.74, 6) is -1.22. The number of aryl methyl sites for hydroxylation is 1. The molecule has 0 radical (unpaired) electrons. The molecule has 1 aromatic carbocycles. The molecule has 8 heteroatoms. The highest BCUT2D eigenvalue weighted by atomic mass is 19.4. The highest BCUT2D eigenvalue weighted by molar-refractivity contribution is 6.05. The van der Waals surface area contributed by atoms with Gasteiger partial charge in [0.2, 0.25) is 5.95 Å². The summed E-state index contributed by atoms with van der Waals surface area (Å²) in [5.41, 5.74) is -1.13. The Morgan fingerprint density at radius 1 is 1.38 bits per heavy atom. The van der Waals surface area contributed by atoms with E-state index in [0.717, 1.165) is 6.20 Å². The van der Waals surface area contributed by atoms with E-state index in [0.29, 0.717) is 0 Å². The second kappa shape index (κ2) is 5.47. The number of imidazole rings is 1. The molecule has 5 nitrogen and oxygen atoms in total. The number of benzene rings is 1. The lowest BCUT2D eigenvalue weighted by molar-refractivity contribution is -0.140. The average molecular weight is 299 g/mol. The summed E-state index contributed by atoms with van der Waals surface area (Å²) < 4.78 is 39.0. The molecule has 0 aliphatic carbocycles. The predicted octanol–water partition coefficient (Wildman–Crippen LogP) is 2.88. The van der Waals surface area contributed by atoms with Gasteiger partial charge in [0.25, 0.3) is 5.91 Å². The van der Waals surface area contributed by atoms with Crippen LogP contribution in [0.4, 0.5) is 19.1 Å². The maximum Gasteiger partial charge on any atom is 0.434 e. The van der Waals surface area contributed by atoms with Gasteiger partial charge in [-0.2, -0.15) is 13.2 Å². The van der Waals surface area contributed by atoms with Gasteiger partial charge in [0.1, 0.15) is 5.75 Å². The fourth-order valence-electron chi connectivity index (χ4n) is 1.73. The molecule has 0 atom stereocenters. The summed E-state index contributed by atoms with van der Waals surface area (Å²) in [5, 5.41) is 11.8. The number of para-hydroxylation sites is 1. The minimum absolute atomic E-state index is 0.0447. The Balaban J connectivity index is 2.29. The van der Waals surface area contributed by atoms with Crippen LogP contribution in [0.2, 0.25) is 0 Å². The van der Waals surface area contributed by atoms with Crippen LogP contribution in [0.15, 0.2) is 30.5 Å². The molecule has 0 bridgehead atoms. The lowest BCUT2D eigenvalue weighted by Crippen LogP contribution is -2.15. The number of rotatable bonds is 3. The van der Waals surface area contributed by atoms with Crippen LogP contribution in [0.1, 0.15) is 23.0 Å². The molecule has 0 aliphatic heterocycles. The van der Waals surface area contributed by atoms with Gasteiger partial charge in [-0.15, -0.1) is 0 Å². The van der Waals surface area contributed by atoms with Crippen molar-refractivity contribution in [3.63, 3.8) is 0 Å². The monoisotopic (exact) mass is 299 g/mol. The van der Waals surface area contributed by atoms with Gasteiger partial charge in [-0.25, -0.2) is 4.98 Å². The van der Waals surface area contributed by atoms with E-state index in [9.17, 15) is 23.1 Å². The molecule has 112 valence electrons. The first kappa shape index (κ1) is 14.9.